The van der Waals surface area contributed by atoms with Crippen molar-refractivity contribution in [2.45, 2.75) is 51.2 Å². The Bertz CT molecular complexity index is 396. The van der Waals surface area contributed by atoms with Crippen LogP contribution < -0.4 is 0 Å². The first-order chi connectivity index (χ1) is 9.22. The van der Waals surface area contributed by atoms with Gasteiger partial charge in [-0.1, -0.05) is 31.5 Å². The van der Waals surface area contributed by atoms with Gasteiger partial charge in [0.1, 0.15) is 5.82 Å². The van der Waals surface area contributed by atoms with Crippen LogP contribution in [0.15, 0.2) is 24.3 Å². The third-order valence-corrected chi connectivity index (χ3v) is 4.17. The zero-order valence-corrected chi connectivity index (χ0v) is 11.7. The van der Waals surface area contributed by atoms with Crippen LogP contribution >= 0.6 is 0 Å². The van der Waals surface area contributed by atoms with Crippen LogP contribution in [0.4, 0.5) is 4.39 Å². The molecule has 106 valence electrons. The Hall–Kier alpha value is -0.930. The molecule has 0 saturated carbocycles. The number of likely N-dealkylation sites (tertiary alicyclic amines) is 1. The lowest BCUT2D eigenvalue weighted by atomic mass is 9.98. The monoisotopic (exact) mass is 265 g/mol. The first kappa shape index (κ1) is 14.5. The molecule has 0 bridgehead atoms. The summed E-state index contributed by atoms with van der Waals surface area (Å²) in [4.78, 5) is 2.45. The van der Waals surface area contributed by atoms with Gasteiger partial charge < -0.3 is 10.0 Å². The molecule has 0 amide bonds. The van der Waals surface area contributed by atoms with Gasteiger partial charge in [-0.2, -0.15) is 0 Å². The zero-order valence-electron chi connectivity index (χ0n) is 11.7. The highest BCUT2D eigenvalue weighted by Crippen LogP contribution is 2.24. The average molecular weight is 265 g/mol. The lowest BCUT2D eigenvalue weighted by Crippen LogP contribution is -2.40. The van der Waals surface area contributed by atoms with Crippen molar-refractivity contribution < 1.29 is 9.50 Å². The van der Waals surface area contributed by atoms with Crippen LogP contribution in [0.2, 0.25) is 0 Å². The highest BCUT2D eigenvalue weighted by Gasteiger charge is 2.22. The molecule has 2 atom stereocenters. The van der Waals surface area contributed by atoms with E-state index in [-0.39, 0.29) is 5.82 Å². The van der Waals surface area contributed by atoms with Crippen molar-refractivity contribution in [1.82, 2.24) is 4.90 Å². The van der Waals surface area contributed by atoms with Gasteiger partial charge in [-0.05, 0) is 38.3 Å². The van der Waals surface area contributed by atoms with Crippen molar-refractivity contribution in [3.8, 4) is 0 Å². The Balaban J connectivity index is 1.89. The predicted molar refractivity (Wildman–Crippen MR) is 75.5 cm³/mol. The maximum absolute atomic E-state index is 13.6. The van der Waals surface area contributed by atoms with Crippen LogP contribution in [-0.2, 0) is 0 Å². The molecule has 2 unspecified atom stereocenters. The van der Waals surface area contributed by atoms with Crippen molar-refractivity contribution >= 4 is 0 Å². The second-order valence-electron chi connectivity index (χ2n) is 5.42. The number of hydrogen-bond donors (Lipinski definition) is 1. The first-order valence-corrected chi connectivity index (χ1v) is 7.39. The van der Waals surface area contributed by atoms with Crippen molar-refractivity contribution in [1.29, 1.82) is 0 Å². The van der Waals surface area contributed by atoms with Crippen molar-refractivity contribution in [3.63, 3.8) is 0 Å². The van der Waals surface area contributed by atoms with E-state index in [0.29, 0.717) is 18.0 Å². The molecule has 3 heteroatoms. The number of rotatable bonds is 5. The lowest BCUT2D eigenvalue weighted by molar-refractivity contribution is 0.0995. The van der Waals surface area contributed by atoms with Gasteiger partial charge in [-0.25, -0.2) is 4.39 Å². The molecule has 2 rings (SSSR count). The Morgan fingerprint density at radius 3 is 2.89 bits per heavy atom. The summed E-state index contributed by atoms with van der Waals surface area (Å²) in [5.41, 5.74) is 0.424. The highest BCUT2D eigenvalue weighted by atomic mass is 19.1. The minimum atomic E-state index is -0.694. The van der Waals surface area contributed by atoms with E-state index in [4.69, 9.17) is 0 Å². The number of halogens is 1. The number of hydrogen-bond acceptors (Lipinski definition) is 2. The van der Waals surface area contributed by atoms with Gasteiger partial charge in [0, 0.05) is 18.2 Å². The zero-order chi connectivity index (χ0) is 13.7. The fraction of sp³-hybridized carbons (Fsp3) is 0.625. The molecule has 19 heavy (non-hydrogen) atoms. The molecule has 0 aromatic heterocycles. The SMILES string of the molecule is CCC1CCCCN1CCC(O)c1ccccc1F. The van der Waals surface area contributed by atoms with E-state index in [0.717, 1.165) is 19.5 Å². The molecule has 1 N–H and O–H groups in total. The summed E-state index contributed by atoms with van der Waals surface area (Å²) in [7, 11) is 0. The summed E-state index contributed by atoms with van der Waals surface area (Å²) in [6.07, 6.45) is 4.89. The molecular formula is C16H24FNO. The normalized spacial score (nSPS) is 22.4. The second-order valence-corrected chi connectivity index (χ2v) is 5.42. The summed E-state index contributed by atoms with van der Waals surface area (Å²) >= 11 is 0. The molecule has 1 aliphatic rings. The average Bonchev–Trinajstić information content (AvgIpc) is 2.45. The van der Waals surface area contributed by atoms with Crippen molar-refractivity contribution in [2.24, 2.45) is 0 Å². The molecule has 1 saturated heterocycles. The van der Waals surface area contributed by atoms with E-state index in [1.54, 1.807) is 18.2 Å². The van der Waals surface area contributed by atoms with Crippen LogP contribution in [0.25, 0.3) is 0 Å². The van der Waals surface area contributed by atoms with Gasteiger partial charge in [0.2, 0.25) is 0 Å². The number of piperidine rings is 1. The Morgan fingerprint density at radius 2 is 2.16 bits per heavy atom. The molecule has 1 aromatic rings. The predicted octanol–water partition coefficient (Wildman–Crippen LogP) is 3.51. The first-order valence-electron chi connectivity index (χ1n) is 7.39. The van der Waals surface area contributed by atoms with Crippen LogP contribution in [0, 0.1) is 5.82 Å². The van der Waals surface area contributed by atoms with E-state index >= 15 is 0 Å². The second kappa shape index (κ2) is 7.01. The molecule has 1 fully saturated rings. The Kier molecular flexibility index (Phi) is 5.34. The van der Waals surface area contributed by atoms with Crippen molar-refractivity contribution in [2.75, 3.05) is 13.1 Å². The molecule has 1 aromatic carbocycles. The van der Waals surface area contributed by atoms with Crippen LogP contribution in [0.3, 0.4) is 0 Å². The van der Waals surface area contributed by atoms with Gasteiger partial charge in [-0.3, -0.25) is 0 Å². The number of nitrogens with zero attached hydrogens (tertiary/aromatic N) is 1. The minimum absolute atomic E-state index is 0.305. The van der Waals surface area contributed by atoms with Crippen molar-refractivity contribution in [3.05, 3.63) is 35.6 Å². The quantitative estimate of drug-likeness (QED) is 0.880. The summed E-state index contributed by atoms with van der Waals surface area (Å²) in [6, 6.07) is 7.16. The molecular weight excluding hydrogens is 241 g/mol. The number of aliphatic hydroxyl groups excluding tert-OH is 1. The van der Waals surface area contributed by atoms with E-state index in [2.05, 4.69) is 11.8 Å². The van der Waals surface area contributed by atoms with E-state index in [9.17, 15) is 9.50 Å². The molecule has 0 radical (unpaired) electrons. The Labute approximate surface area is 115 Å². The molecule has 1 aliphatic heterocycles. The maximum Gasteiger partial charge on any atom is 0.128 e. The minimum Gasteiger partial charge on any atom is -0.388 e. The van der Waals surface area contributed by atoms with Crippen LogP contribution in [0.5, 0.6) is 0 Å². The number of benzene rings is 1. The van der Waals surface area contributed by atoms with E-state index in [1.807, 2.05) is 0 Å². The lowest BCUT2D eigenvalue weighted by Gasteiger charge is -2.35. The van der Waals surface area contributed by atoms with Gasteiger partial charge >= 0.3 is 0 Å². The highest BCUT2D eigenvalue weighted by molar-refractivity contribution is 5.19. The molecule has 0 aliphatic carbocycles. The third kappa shape index (κ3) is 3.77. The summed E-state index contributed by atoms with van der Waals surface area (Å²) in [5, 5.41) is 10.1. The van der Waals surface area contributed by atoms with Gasteiger partial charge in [0.15, 0.2) is 0 Å². The number of aliphatic hydroxyl groups is 1. The molecule has 2 nitrogen and oxygen atoms in total. The summed E-state index contributed by atoms with van der Waals surface area (Å²) in [5.74, 6) is -0.305. The van der Waals surface area contributed by atoms with Crippen LogP contribution in [0.1, 0.15) is 50.7 Å². The fourth-order valence-electron chi connectivity index (χ4n) is 3.01. The Morgan fingerprint density at radius 1 is 1.37 bits per heavy atom. The van der Waals surface area contributed by atoms with Gasteiger partial charge in [0.05, 0.1) is 6.10 Å². The van der Waals surface area contributed by atoms with E-state index in [1.165, 1.54) is 25.3 Å². The van der Waals surface area contributed by atoms with Gasteiger partial charge in [0.25, 0.3) is 0 Å². The van der Waals surface area contributed by atoms with E-state index < -0.39 is 6.10 Å². The topological polar surface area (TPSA) is 23.5 Å². The molecule has 1 heterocycles. The third-order valence-electron chi connectivity index (χ3n) is 4.17. The standard InChI is InChI=1S/C16H24FNO/c1-2-13-7-5-6-11-18(13)12-10-16(19)14-8-3-4-9-15(14)17/h3-4,8-9,13,16,19H,2,5-7,10-12H2,1H3. The van der Waals surface area contributed by atoms with Crippen LogP contribution in [-0.4, -0.2) is 29.1 Å². The smallest absolute Gasteiger partial charge is 0.128 e. The fourth-order valence-corrected chi connectivity index (χ4v) is 3.01. The largest absolute Gasteiger partial charge is 0.388 e. The maximum atomic E-state index is 13.6. The molecule has 0 spiro atoms. The summed E-state index contributed by atoms with van der Waals surface area (Å²) < 4.78 is 13.6. The summed E-state index contributed by atoms with van der Waals surface area (Å²) in [6.45, 7) is 4.19. The van der Waals surface area contributed by atoms with Gasteiger partial charge in [-0.15, -0.1) is 0 Å².